The van der Waals surface area contributed by atoms with Gasteiger partial charge in [0.1, 0.15) is 0 Å². The van der Waals surface area contributed by atoms with Crippen LogP contribution in [0.2, 0.25) is 0 Å². The van der Waals surface area contributed by atoms with E-state index in [9.17, 15) is 18.5 Å². The topological polar surface area (TPSA) is 107 Å². The van der Waals surface area contributed by atoms with Crippen LogP contribution in [0, 0.1) is 10.1 Å². The van der Waals surface area contributed by atoms with E-state index in [1.807, 2.05) is 0 Å². The van der Waals surface area contributed by atoms with Gasteiger partial charge in [-0.25, -0.2) is 8.42 Å². The number of nitrogens with zero attached hydrogens (tertiary/aromatic N) is 2. The Morgan fingerprint density at radius 3 is 2.32 bits per heavy atom. The van der Waals surface area contributed by atoms with Gasteiger partial charge in [0.2, 0.25) is 10.0 Å². The Bertz CT molecular complexity index is 561. The average Bonchev–Trinajstić information content (AvgIpc) is 2.76. The summed E-state index contributed by atoms with van der Waals surface area (Å²) in [6.45, 7) is 0.680. The Kier molecular flexibility index (Phi) is 4.86. The third-order valence-corrected chi connectivity index (χ3v) is 4.75. The lowest BCUT2D eigenvalue weighted by Gasteiger charge is -2.15. The minimum absolute atomic E-state index is 0. The molecule has 0 aromatic heterocycles. The fraction of sp³-hybridized carbons (Fsp3) is 0.400. The van der Waals surface area contributed by atoms with E-state index >= 15 is 0 Å². The van der Waals surface area contributed by atoms with Crippen LogP contribution in [0.15, 0.2) is 29.2 Å². The molecule has 9 heteroatoms. The maximum atomic E-state index is 12.2. The SMILES string of the molecule is Cl.NC1CCN(S(=O)(=O)c2ccc([N+](=O)[O-])cc2)C1. The molecule has 0 radical (unpaired) electrons. The highest BCUT2D eigenvalue weighted by molar-refractivity contribution is 7.89. The lowest BCUT2D eigenvalue weighted by Crippen LogP contribution is -2.31. The maximum absolute atomic E-state index is 12.2. The molecule has 0 aliphatic carbocycles. The summed E-state index contributed by atoms with van der Waals surface area (Å²) in [7, 11) is -3.58. The summed E-state index contributed by atoms with van der Waals surface area (Å²) in [6.07, 6.45) is 0.631. The van der Waals surface area contributed by atoms with E-state index in [4.69, 9.17) is 5.73 Å². The van der Waals surface area contributed by atoms with E-state index in [-0.39, 0.29) is 29.0 Å². The van der Waals surface area contributed by atoms with Gasteiger partial charge in [-0.15, -0.1) is 12.4 Å². The van der Waals surface area contributed by atoms with Crippen LogP contribution in [0.5, 0.6) is 0 Å². The molecule has 0 amide bonds. The Morgan fingerprint density at radius 1 is 1.32 bits per heavy atom. The van der Waals surface area contributed by atoms with Crippen molar-refractivity contribution >= 4 is 28.1 Å². The van der Waals surface area contributed by atoms with E-state index in [2.05, 4.69) is 0 Å². The molecule has 1 fully saturated rings. The maximum Gasteiger partial charge on any atom is 0.269 e. The van der Waals surface area contributed by atoms with Gasteiger partial charge in [-0.05, 0) is 18.6 Å². The molecule has 1 aromatic rings. The normalized spacial score (nSPS) is 19.9. The molecule has 1 aliphatic heterocycles. The summed E-state index contributed by atoms with van der Waals surface area (Å²) in [5.41, 5.74) is 5.54. The van der Waals surface area contributed by atoms with Crippen LogP contribution in [0.1, 0.15) is 6.42 Å². The molecule has 0 bridgehead atoms. The Morgan fingerprint density at radius 2 is 1.89 bits per heavy atom. The average molecular weight is 308 g/mol. The van der Waals surface area contributed by atoms with Gasteiger partial charge in [0, 0.05) is 31.3 Å². The largest absolute Gasteiger partial charge is 0.326 e. The standard InChI is InChI=1S/C10H13N3O4S.ClH/c11-8-5-6-12(7-8)18(16,17)10-3-1-9(2-4-10)13(14)15;/h1-4,8H,5-7,11H2;1H. The molecule has 106 valence electrons. The molecule has 0 spiro atoms. The highest BCUT2D eigenvalue weighted by Crippen LogP contribution is 2.22. The van der Waals surface area contributed by atoms with E-state index in [1.165, 1.54) is 28.6 Å². The van der Waals surface area contributed by atoms with Gasteiger partial charge in [-0.1, -0.05) is 0 Å². The predicted molar refractivity (Wildman–Crippen MR) is 71.7 cm³/mol. The molecular weight excluding hydrogens is 294 g/mol. The molecule has 7 nitrogen and oxygen atoms in total. The number of sulfonamides is 1. The van der Waals surface area contributed by atoms with E-state index in [0.29, 0.717) is 19.5 Å². The highest BCUT2D eigenvalue weighted by atomic mass is 35.5. The minimum Gasteiger partial charge on any atom is -0.326 e. The van der Waals surface area contributed by atoms with Crippen molar-refractivity contribution < 1.29 is 13.3 Å². The minimum atomic E-state index is -3.58. The van der Waals surface area contributed by atoms with Crippen LogP contribution in [-0.4, -0.2) is 36.8 Å². The van der Waals surface area contributed by atoms with Crippen LogP contribution in [0.3, 0.4) is 0 Å². The van der Waals surface area contributed by atoms with E-state index < -0.39 is 14.9 Å². The second-order valence-corrected chi connectivity index (χ2v) is 6.10. The Labute approximate surface area is 117 Å². The quantitative estimate of drug-likeness (QED) is 0.654. The molecule has 1 aromatic carbocycles. The zero-order valence-electron chi connectivity index (χ0n) is 9.93. The van der Waals surface area contributed by atoms with Crippen LogP contribution >= 0.6 is 12.4 Å². The predicted octanol–water partition coefficient (Wildman–Crippen LogP) is 0.738. The summed E-state index contributed by atoms with van der Waals surface area (Å²) in [4.78, 5) is 9.98. The summed E-state index contributed by atoms with van der Waals surface area (Å²) < 4.78 is 25.6. The number of non-ortho nitro benzene ring substituents is 1. The second kappa shape index (κ2) is 5.83. The first-order valence-electron chi connectivity index (χ1n) is 5.41. The fourth-order valence-electron chi connectivity index (χ4n) is 1.86. The van der Waals surface area contributed by atoms with Crippen LogP contribution in [-0.2, 0) is 10.0 Å². The van der Waals surface area contributed by atoms with E-state index in [0.717, 1.165) is 0 Å². The molecule has 2 N–H and O–H groups in total. The summed E-state index contributed by atoms with van der Waals surface area (Å²) in [6, 6.07) is 4.72. The van der Waals surface area contributed by atoms with Gasteiger partial charge in [0.25, 0.3) is 5.69 Å². The van der Waals surface area contributed by atoms with Gasteiger partial charge in [0.15, 0.2) is 0 Å². The Hall–Kier alpha value is -1.22. The first-order valence-corrected chi connectivity index (χ1v) is 6.85. The van der Waals surface area contributed by atoms with E-state index in [1.54, 1.807) is 0 Å². The van der Waals surface area contributed by atoms with Crippen molar-refractivity contribution in [2.45, 2.75) is 17.4 Å². The van der Waals surface area contributed by atoms with Gasteiger partial charge in [0.05, 0.1) is 9.82 Å². The molecule has 1 saturated heterocycles. The zero-order chi connectivity index (χ0) is 13.3. The number of benzene rings is 1. The highest BCUT2D eigenvalue weighted by Gasteiger charge is 2.31. The summed E-state index contributed by atoms with van der Waals surface area (Å²) >= 11 is 0. The number of hydrogen-bond donors (Lipinski definition) is 1. The number of hydrogen-bond acceptors (Lipinski definition) is 5. The molecule has 1 aliphatic rings. The van der Waals surface area contributed by atoms with Crippen molar-refractivity contribution in [2.24, 2.45) is 5.73 Å². The summed E-state index contributed by atoms with van der Waals surface area (Å²) in [5, 5.41) is 10.5. The third-order valence-electron chi connectivity index (χ3n) is 2.87. The van der Waals surface area contributed by atoms with Crippen LogP contribution in [0.4, 0.5) is 5.69 Å². The second-order valence-electron chi connectivity index (χ2n) is 4.16. The number of halogens is 1. The number of rotatable bonds is 3. The van der Waals surface area contributed by atoms with Crippen molar-refractivity contribution in [3.63, 3.8) is 0 Å². The zero-order valence-corrected chi connectivity index (χ0v) is 11.6. The van der Waals surface area contributed by atoms with Crippen LogP contribution < -0.4 is 5.73 Å². The Balaban J connectivity index is 0.00000180. The molecule has 0 saturated carbocycles. The smallest absolute Gasteiger partial charge is 0.269 e. The monoisotopic (exact) mass is 307 g/mol. The van der Waals surface area contributed by atoms with Crippen molar-refractivity contribution in [2.75, 3.05) is 13.1 Å². The fourth-order valence-corrected chi connectivity index (χ4v) is 3.37. The van der Waals surface area contributed by atoms with Crippen molar-refractivity contribution in [1.82, 2.24) is 4.31 Å². The summed E-state index contributed by atoms with van der Waals surface area (Å²) in [5.74, 6) is 0. The third kappa shape index (κ3) is 3.21. The molecule has 1 unspecified atom stereocenters. The van der Waals surface area contributed by atoms with Gasteiger partial charge < -0.3 is 5.73 Å². The first-order chi connectivity index (χ1) is 8.41. The van der Waals surface area contributed by atoms with Crippen LogP contribution in [0.25, 0.3) is 0 Å². The van der Waals surface area contributed by atoms with Gasteiger partial charge in [-0.2, -0.15) is 4.31 Å². The first kappa shape index (κ1) is 15.8. The number of nitro benzene ring substituents is 1. The lowest BCUT2D eigenvalue weighted by molar-refractivity contribution is -0.384. The lowest BCUT2D eigenvalue weighted by atomic mass is 10.3. The van der Waals surface area contributed by atoms with Crippen molar-refractivity contribution in [1.29, 1.82) is 0 Å². The molecule has 19 heavy (non-hydrogen) atoms. The number of nitro groups is 1. The van der Waals surface area contributed by atoms with Gasteiger partial charge >= 0.3 is 0 Å². The van der Waals surface area contributed by atoms with Gasteiger partial charge in [-0.3, -0.25) is 10.1 Å². The molecule has 1 atom stereocenters. The number of nitrogens with two attached hydrogens (primary N) is 1. The molecule has 1 heterocycles. The molecule has 2 rings (SSSR count). The molecular formula is C10H14ClN3O4S. The van der Waals surface area contributed by atoms with Crippen molar-refractivity contribution in [3.05, 3.63) is 34.4 Å². The van der Waals surface area contributed by atoms with Crippen molar-refractivity contribution in [3.8, 4) is 0 Å².